The van der Waals surface area contributed by atoms with Crippen molar-refractivity contribution in [1.29, 1.82) is 0 Å². The second kappa shape index (κ2) is 8.03. The van der Waals surface area contributed by atoms with Crippen LogP contribution in [0.2, 0.25) is 0 Å². The van der Waals surface area contributed by atoms with Crippen LogP contribution in [0.25, 0.3) is 0 Å². The number of ether oxygens (including phenoxy) is 2. The van der Waals surface area contributed by atoms with Crippen molar-refractivity contribution in [3.05, 3.63) is 48.0 Å². The van der Waals surface area contributed by atoms with E-state index in [1.807, 2.05) is 12.1 Å². The van der Waals surface area contributed by atoms with Gasteiger partial charge in [0.15, 0.2) is 0 Å². The molecule has 0 atom stereocenters. The van der Waals surface area contributed by atoms with Crippen LogP contribution in [0, 0.1) is 0 Å². The van der Waals surface area contributed by atoms with Gasteiger partial charge in [-0.25, -0.2) is 13.1 Å². The smallest absolute Gasteiger partial charge is 0.244 e. The maximum absolute atomic E-state index is 12.5. The van der Waals surface area contributed by atoms with E-state index in [0.29, 0.717) is 25.1 Å². The monoisotopic (exact) mass is 351 g/mol. The van der Waals surface area contributed by atoms with Crippen molar-refractivity contribution in [3.63, 3.8) is 0 Å². The SMILES string of the molecule is COc1ccc(OC)c(S(=O)(=O)NCCCc2ccc(O)cc2)c1. The summed E-state index contributed by atoms with van der Waals surface area (Å²) in [5.41, 5.74) is 1.03. The predicted octanol–water partition coefficient (Wildman–Crippen LogP) is 2.32. The van der Waals surface area contributed by atoms with Crippen LogP contribution in [0.4, 0.5) is 0 Å². The number of nitrogens with one attached hydrogen (secondary N) is 1. The van der Waals surface area contributed by atoms with E-state index in [1.165, 1.54) is 20.3 Å². The average Bonchev–Trinajstić information content (AvgIpc) is 2.59. The summed E-state index contributed by atoms with van der Waals surface area (Å²) in [5.74, 6) is 0.923. The molecule has 130 valence electrons. The molecule has 0 aliphatic carbocycles. The minimum absolute atomic E-state index is 0.0500. The predicted molar refractivity (Wildman–Crippen MR) is 91.2 cm³/mol. The Labute approximate surface area is 142 Å². The number of aromatic hydroxyl groups is 1. The summed E-state index contributed by atoms with van der Waals surface area (Å²) >= 11 is 0. The molecule has 0 amide bonds. The Hall–Kier alpha value is -2.25. The molecular formula is C17H21NO5S. The molecule has 7 heteroatoms. The molecule has 2 rings (SSSR count). The maximum atomic E-state index is 12.5. The molecule has 0 spiro atoms. The summed E-state index contributed by atoms with van der Waals surface area (Å²) in [7, 11) is -0.794. The molecule has 2 aromatic rings. The first-order chi connectivity index (χ1) is 11.5. The van der Waals surface area contributed by atoms with Gasteiger partial charge in [0, 0.05) is 12.6 Å². The van der Waals surface area contributed by atoms with Crippen LogP contribution in [-0.2, 0) is 16.4 Å². The number of aryl methyl sites for hydroxylation is 1. The summed E-state index contributed by atoms with van der Waals surface area (Å²) in [5, 5.41) is 9.24. The normalized spacial score (nSPS) is 11.2. The third-order valence-corrected chi connectivity index (χ3v) is 5.01. The number of hydrogen-bond acceptors (Lipinski definition) is 5. The van der Waals surface area contributed by atoms with E-state index < -0.39 is 10.0 Å². The molecule has 0 saturated carbocycles. The molecule has 0 heterocycles. The molecule has 2 N–H and O–H groups in total. The summed E-state index contributed by atoms with van der Waals surface area (Å²) < 4.78 is 37.7. The fourth-order valence-corrected chi connectivity index (χ4v) is 3.49. The minimum atomic E-state index is -3.69. The standard InChI is InChI=1S/C17H21NO5S/c1-22-15-9-10-16(23-2)17(12-15)24(20,21)18-11-3-4-13-5-7-14(19)8-6-13/h5-10,12,18-19H,3-4,11H2,1-2H3. The van der Waals surface area contributed by atoms with Crippen molar-refractivity contribution < 1.29 is 23.0 Å². The highest BCUT2D eigenvalue weighted by Crippen LogP contribution is 2.27. The summed E-state index contributed by atoms with van der Waals surface area (Å²) in [4.78, 5) is 0.0500. The van der Waals surface area contributed by atoms with Gasteiger partial charge in [-0.15, -0.1) is 0 Å². The molecule has 0 aromatic heterocycles. The Morgan fingerprint density at radius 1 is 1.04 bits per heavy atom. The quantitative estimate of drug-likeness (QED) is 0.713. The fraction of sp³-hybridized carbons (Fsp3) is 0.294. The van der Waals surface area contributed by atoms with Crippen molar-refractivity contribution in [3.8, 4) is 17.2 Å². The highest BCUT2D eigenvalue weighted by molar-refractivity contribution is 7.89. The lowest BCUT2D eigenvalue weighted by Gasteiger charge is -2.12. The molecule has 0 saturated heterocycles. The van der Waals surface area contributed by atoms with E-state index in [0.717, 1.165) is 5.56 Å². The van der Waals surface area contributed by atoms with Crippen LogP contribution in [0.1, 0.15) is 12.0 Å². The Kier molecular flexibility index (Phi) is 6.05. The van der Waals surface area contributed by atoms with Gasteiger partial charge >= 0.3 is 0 Å². The van der Waals surface area contributed by atoms with Gasteiger partial charge in [-0.1, -0.05) is 12.1 Å². The molecule has 0 bridgehead atoms. The second-order valence-corrected chi connectivity index (χ2v) is 6.92. The Morgan fingerprint density at radius 2 is 1.75 bits per heavy atom. The maximum Gasteiger partial charge on any atom is 0.244 e. The molecule has 2 aromatic carbocycles. The van der Waals surface area contributed by atoms with Crippen molar-refractivity contribution in [2.45, 2.75) is 17.7 Å². The first kappa shape index (κ1) is 18.1. The van der Waals surface area contributed by atoms with Gasteiger partial charge < -0.3 is 14.6 Å². The van der Waals surface area contributed by atoms with Crippen molar-refractivity contribution in [1.82, 2.24) is 4.72 Å². The van der Waals surface area contributed by atoms with Gasteiger partial charge in [-0.2, -0.15) is 0 Å². The topological polar surface area (TPSA) is 84.9 Å². The first-order valence-corrected chi connectivity index (χ1v) is 8.94. The molecule has 0 aliphatic rings. The number of sulfonamides is 1. The van der Waals surface area contributed by atoms with Gasteiger partial charge in [0.25, 0.3) is 0 Å². The van der Waals surface area contributed by atoms with Crippen LogP contribution < -0.4 is 14.2 Å². The van der Waals surface area contributed by atoms with Crippen LogP contribution >= 0.6 is 0 Å². The Balaban J connectivity index is 1.99. The highest BCUT2D eigenvalue weighted by Gasteiger charge is 2.20. The van der Waals surface area contributed by atoms with E-state index in [9.17, 15) is 13.5 Å². The number of methoxy groups -OCH3 is 2. The molecule has 0 unspecified atom stereocenters. The van der Waals surface area contributed by atoms with Gasteiger partial charge in [0.2, 0.25) is 10.0 Å². The zero-order valence-electron chi connectivity index (χ0n) is 13.7. The number of hydrogen-bond donors (Lipinski definition) is 2. The summed E-state index contributed by atoms with van der Waals surface area (Å²) in [6, 6.07) is 11.5. The molecule has 24 heavy (non-hydrogen) atoms. The van der Waals surface area contributed by atoms with E-state index in [4.69, 9.17) is 9.47 Å². The zero-order chi connectivity index (χ0) is 17.6. The Morgan fingerprint density at radius 3 is 2.38 bits per heavy atom. The summed E-state index contributed by atoms with van der Waals surface area (Å²) in [6.07, 6.45) is 1.34. The molecule has 0 fully saturated rings. The third kappa shape index (κ3) is 4.62. The highest BCUT2D eigenvalue weighted by atomic mass is 32.2. The number of rotatable bonds is 8. The van der Waals surface area contributed by atoms with Gasteiger partial charge in [0.05, 0.1) is 14.2 Å². The van der Waals surface area contributed by atoms with Gasteiger partial charge in [0.1, 0.15) is 22.1 Å². The van der Waals surface area contributed by atoms with Gasteiger partial charge in [-0.05, 0) is 42.7 Å². The zero-order valence-corrected chi connectivity index (χ0v) is 14.5. The lowest BCUT2D eigenvalue weighted by molar-refractivity contribution is 0.392. The van der Waals surface area contributed by atoms with Crippen LogP contribution in [0.15, 0.2) is 47.4 Å². The van der Waals surface area contributed by atoms with E-state index >= 15 is 0 Å². The van der Waals surface area contributed by atoms with E-state index in [1.54, 1.807) is 24.3 Å². The van der Waals surface area contributed by atoms with Crippen molar-refractivity contribution in [2.24, 2.45) is 0 Å². The third-order valence-electron chi connectivity index (χ3n) is 3.53. The molecule has 6 nitrogen and oxygen atoms in total. The second-order valence-electron chi connectivity index (χ2n) is 5.18. The molecular weight excluding hydrogens is 330 g/mol. The average molecular weight is 351 g/mol. The number of phenolic OH excluding ortho intramolecular Hbond substituents is 1. The number of phenols is 1. The van der Waals surface area contributed by atoms with Crippen LogP contribution in [0.5, 0.6) is 17.2 Å². The van der Waals surface area contributed by atoms with E-state index in [-0.39, 0.29) is 16.4 Å². The largest absolute Gasteiger partial charge is 0.508 e. The van der Waals surface area contributed by atoms with Crippen LogP contribution in [-0.4, -0.2) is 34.3 Å². The molecule has 0 aliphatic heterocycles. The van der Waals surface area contributed by atoms with Crippen molar-refractivity contribution >= 4 is 10.0 Å². The van der Waals surface area contributed by atoms with Crippen molar-refractivity contribution in [2.75, 3.05) is 20.8 Å². The number of benzene rings is 2. The van der Waals surface area contributed by atoms with Gasteiger partial charge in [-0.3, -0.25) is 0 Å². The minimum Gasteiger partial charge on any atom is -0.508 e. The van der Waals surface area contributed by atoms with Crippen LogP contribution in [0.3, 0.4) is 0 Å². The first-order valence-electron chi connectivity index (χ1n) is 7.46. The molecule has 0 radical (unpaired) electrons. The van der Waals surface area contributed by atoms with E-state index in [2.05, 4.69) is 4.72 Å². The lowest BCUT2D eigenvalue weighted by atomic mass is 10.1. The summed E-state index contributed by atoms with van der Waals surface area (Å²) in [6.45, 7) is 0.295. The Bertz CT molecular complexity index is 772. The fourth-order valence-electron chi connectivity index (χ4n) is 2.23. The lowest BCUT2D eigenvalue weighted by Crippen LogP contribution is -2.25.